The Kier molecular flexibility index (Phi) is 6.60. The van der Waals surface area contributed by atoms with Gasteiger partial charge in [-0.1, -0.05) is 13.0 Å². The maximum atomic E-state index is 13.2. The lowest BCUT2D eigenvalue weighted by Crippen LogP contribution is -2.37. The Bertz CT molecular complexity index is 1050. The number of hydrogen-bond acceptors (Lipinski definition) is 5. The van der Waals surface area contributed by atoms with E-state index < -0.39 is 10.0 Å². The van der Waals surface area contributed by atoms with E-state index in [9.17, 15) is 13.2 Å². The third-order valence-corrected chi connectivity index (χ3v) is 8.40. The van der Waals surface area contributed by atoms with Crippen LogP contribution in [0.5, 0.6) is 0 Å². The number of sulfonamides is 1. The van der Waals surface area contributed by atoms with E-state index >= 15 is 0 Å². The fourth-order valence-corrected chi connectivity index (χ4v) is 5.90. The van der Waals surface area contributed by atoms with Crippen molar-refractivity contribution in [3.63, 3.8) is 0 Å². The van der Waals surface area contributed by atoms with Gasteiger partial charge in [-0.3, -0.25) is 4.79 Å². The maximum Gasteiger partial charge on any atom is 0.254 e. The highest BCUT2D eigenvalue weighted by atomic mass is 32.2. The number of carbonyl (C=O) groups excluding carboxylic acids is 1. The number of amides is 1. The van der Waals surface area contributed by atoms with Crippen LogP contribution in [0.3, 0.4) is 0 Å². The molecule has 6 nitrogen and oxygen atoms in total. The largest absolute Gasteiger partial charge is 0.467 e. The normalized spacial score (nSPS) is 15.8. The van der Waals surface area contributed by atoms with E-state index in [1.807, 2.05) is 23.6 Å². The van der Waals surface area contributed by atoms with Crippen LogP contribution in [-0.4, -0.2) is 36.6 Å². The van der Waals surface area contributed by atoms with Crippen molar-refractivity contribution in [2.75, 3.05) is 13.1 Å². The first-order valence-corrected chi connectivity index (χ1v) is 12.7. The Morgan fingerprint density at radius 2 is 1.84 bits per heavy atom. The van der Waals surface area contributed by atoms with E-state index in [1.165, 1.54) is 12.1 Å². The minimum absolute atomic E-state index is 0.166. The molecule has 3 heterocycles. The quantitative estimate of drug-likeness (QED) is 0.519. The van der Waals surface area contributed by atoms with Gasteiger partial charge in [-0.2, -0.15) is 4.31 Å². The molecule has 2 aromatic heterocycles. The van der Waals surface area contributed by atoms with E-state index in [0.717, 1.165) is 17.7 Å². The molecule has 1 amide bonds. The first-order chi connectivity index (χ1) is 14.9. The molecule has 3 aromatic rings. The van der Waals surface area contributed by atoms with Crippen LogP contribution in [-0.2, 0) is 23.1 Å². The summed E-state index contributed by atoms with van der Waals surface area (Å²) in [6.45, 7) is 4.04. The summed E-state index contributed by atoms with van der Waals surface area (Å²) >= 11 is 1.59. The van der Waals surface area contributed by atoms with Crippen LogP contribution in [0, 0.1) is 5.92 Å². The van der Waals surface area contributed by atoms with Crippen molar-refractivity contribution in [3.8, 4) is 0 Å². The van der Waals surface area contributed by atoms with Crippen molar-refractivity contribution in [3.05, 3.63) is 76.4 Å². The van der Waals surface area contributed by atoms with Gasteiger partial charge in [0.25, 0.3) is 5.91 Å². The van der Waals surface area contributed by atoms with Crippen molar-refractivity contribution in [1.82, 2.24) is 9.21 Å². The van der Waals surface area contributed by atoms with Gasteiger partial charge in [0, 0.05) is 23.5 Å². The Hall–Kier alpha value is -2.42. The second kappa shape index (κ2) is 9.38. The molecule has 1 aliphatic rings. The van der Waals surface area contributed by atoms with Gasteiger partial charge < -0.3 is 9.32 Å². The number of thiophene rings is 1. The Morgan fingerprint density at radius 3 is 2.45 bits per heavy atom. The number of hydrogen-bond donors (Lipinski definition) is 0. The molecule has 0 N–H and O–H groups in total. The van der Waals surface area contributed by atoms with Crippen molar-refractivity contribution < 1.29 is 17.6 Å². The van der Waals surface area contributed by atoms with Crippen LogP contribution in [0.1, 0.15) is 40.8 Å². The van der Waals surface area contributed by atoms with Crippen LogP contribution in [0.4, 0.5) is 0 Å². The fraction of sp³-hybridized carbons (Fsp3) is 0.348. The van der Waals surface area contributed by atoms with Gasteiger partial charge in [0.2, 0.25) is 10.0 Å². The molecule has 0 spiro atoms. The van der Waals surface area contributed by atoms with Crippen LogP contribution in [0.2, 0.25) is 0 Å². The topological polar surface area (TPSA) is 70.8 Å². The average molecular weight is 459 g/mol. The van der Waals surface area contributed by atoms with E-state index in [1.54, 1.807) is 45.0 Å². The van der Waals surface area contributed by atoms with Gasteiger partial charge in [-0.15, -0.1) is 11.3 Å². The summed E-state index contributed by atoms with van der Waals surface area (Å²) in [5.74, 6) is 1.08. The van der Waals surface area contributed by atoms with Gasteiger partial charge in [0.05, 0.1) is 24.2 Å². The monoisotopic (exact) mass is 458 g/mol. The third kappa shape index (κ3) is 5.08. The number of carbonyl (C=O) groups is 1. The van der Waals surface area contributed by atoms with Crippen LogP contribution >= 0.6 is 11.3 Å². The number of nitrogens with zero attached hydrogens (tertiary/aromatic N) is 2. The van der Waals surface area contributed by atoms with E-state index in [2.05, 4.69) is 6.92 Å². The van der Waals surface area contributed by atoms with Crippen molar-refractivity contribution >= 4 is 27.3 Å². The van der Waals surface area contributed by atoms with Crippen LogP contribution in [0.25, 0.3) is 0 Å². The second-order valence-electron chi connectivity index (χ2n) is 7.93. The van der Waals surface area contributed by atoms with E-state index in [0.29, 0.717) is 43.4 Å². The number of benzene rings is 1. The fourth-order valence-electron chi connectivity index (χ4n) is 3.71. The highest BCUT2D eigenvalue weighted by Gasteiger charge is 2.28. The minimum Gasteiger partial charge on any atom is -0.467 e. The summed E-state index contributed by atoms with van der Waals surface area (Å²) in [7, 11) is -3.54. The van der Waals surface area contributed by atoms with Gasteiger partial charge in [0.15, 0.2) is 0 Å². The molecule has 0 saturated carbocycles. The molecule has 31 heavy (non-hydrogen) atoms. The predicted molar refractivity (Wildman–Crippen MR) is 120 cm³/mol. The first kappa shape index (κ1) is 21.8. The zero-order valence-electron chi connectivity index (χ0n) is 17.4. The van der Waals surface area contributed by atoms with Crippen molar-refractivity contribution in [2.24, 2.45) is 5.92 Å². The maximum absolute atomic E-state index is 13.2. The van der Waals surface area contributed by atoms with E-state index in [-0.39, 0.29) is 10.8 Å². The SMILES string of the molecule is CC1CCN(S(=O)(=O)c2ccc(C(=O)N(Cc3ccco3)Cc3cccs3)cc2)CC1. The minimum atomic E-state index is -3.54. The Morgan fingerprint density at radius 1 is 1.10 bits per heavy atom. The van der Waals surface area contributed by atoms with Gasteiger partial charge >= 0.3 is 0 Å². The highest BCUT2D eigenvalue weighted by molar-refractivity contribution is 7.89. The predicted octanol–water partition coefficient (Wildman–Crippen LogP) is 4.60. The highest BCUT2D eigenvalue weighted by Crippen LogP contribution is 2.24. The smallest absolute Gasteiger partial charge is 0.254 e. The molecule has 0 radical (unpaired) electrons. The summed E-state index contributed by atoms with van der Waals surface area (Å²) in [6.07, 6.45) is 3.34. The molecule has 1 aromatic carbocycles. The van der Waals surface area contributed by atoms with Crippen LogP contribution < -0.4 is 0 Å². The molecule has 0 atom stereocenters. The molecule has 164 valence electrons. The molecule has 8 heteroatoms. The number of rotatable bonds is 7. The van der Waals surface area contributed by atoms with Gasteiger partial charge in [-0.05, 0) is 66.6 Å². The van der Waals surface area contributed by atoms with Crippen molar-refractivity contribution in [1.29, 1.82) is 0 Å². The summed E-state index contributed by atoms with van der Waals surface area (Å²) in [5, 5.41) is 1.98. The summed E-state index contributed by atoms with van der Waals surface area (Å²) in [5.41, 5.74) is 0.453. The zero-order valence-corrected chi connectivity index (χ0v) is 19.1. The molecule has 1 aliphatic heterocycles. The Balaban J connectivity index is 1.52. The molecule has 0 aliphatic carbocycles. The summed E-state index contributed by atoms with van der Waals surface area (Å²) in [4.78, 5) is 16.2. The standard InChI is InChI=1S/C23H26N2O4S2/c1-18-10-12-25(13-11-18)31(27,28)22-8-6-19(7-9-22)23(26)24(16-20-4-2-14-29-20)17-21-5-3-15-30-21/h2-9,14-15,18H,10-13,16-17H2,1H3. The van der Waals surface area contributed by atoms with E-state index in [4.69, 9.17) is 4.42 Å². The molecule has 0 bridgehead atoms. The lowest BCUT2D eigenvalue weighted by Gasteiger charge is -2.29. The second-order valence-corrected chi connectivity index (χ2v) is 10.9. The average Bonchev–Trinajstić information content (AvgIpc) is 3.48. The Labute approximate surface area is 187 Å². The summed E-state index contributed by atoms with van der Waals surface area (Å²) < 4.78 is 32.9. The third-order valence-electron chi connectivity index (χ3n) is 5.62. The molecular weight excluding hydrogens is 432 g/mol. The van der Waals surface area contributed by atoms with Gasteiger partial charge in [-0.25, -0.2) is 8.42 Å². The van der Waals surface area contributed by atoms with Crippen molar-refractivity contribution in [2.45, 2.75) is 37.8 Å². The van der Waals surface area contributed by atoms with Crippen LogP contribution in [0.15, 0.2) is 69.5 Å². The molecule has 1 saturated heterocycles. The zero-order chi connectivity index (χ0) is 21.8. The lowest BCUT2D eigenvalue weighted by molar-refractivity contribution is 0.0719. The van der Waals surface area contributed by atoms with Gasteiger partial charge in [0.1, 0.15) is 5.76 Å². The summed E-state index contributed by atoms with van der Waals surface area (Å²) in [6, 6.07) is 13.9. The number of furan rings is 1. The molecule has 1 fully saturated rings. The lowest BCUT2D eigenvalue weighted by atomic mass is 10.0. The molecular formula is C23H26N2O4S2. The molecule has 4 rings (SSSR count). The number of piperidine rings is 1. The molecule has 0 unspecified atom stereocenters. The first-order valence-electron chi connectivity index (χ1n) is 10.4.